The number of hydrogen-bond donors (Lipinski definition) is 17. The lowest BCUT2D eigenvalue weighted by molar-refractivity contribution is -0.152. The van der Waals surface area contributed by atoms with Crippen LogP contribution < -0.4 is 59.3 Å². The van der Waals surface area contributed by atoms with E-state index < -0.39 is 290 Å². The molecule has 3 saturated heterocycles. The second-order valence-corrected chi connectivity index (χ2v) is 35.7. The predicted molar refractivity (Wildman–Crippen MR) is 493 cm³/mol. The van der Waals surface area contributed by atoms with Gasteiger partial charge in [0.25, 0.3) is 0 Å². The number of aliphatic hydroxyl groups is 2. The average Bonchev–Trinajstić information content (AvgIpc) is 1.78. The number of nitrogens with one attached hydrogen (secondary N) is 10. The van der Waals surface area contributed by atoms with E-state index >= 15 is 51.9 Å². The maximum atomic E-state index is 15.8. The molecule has 0 saturated carbocycles. The van der Waals surface area contributed by atoms with Gasteiger partial charge in [0.05, 0.1) is 30.9 Å². The smallest absolute Gasteiger partial charge is 0.305 e. The number of fused-ring (bicyclic) bond motifs is 3. The van der Waals surface area contributed by atoms with Crippen LogP contribution in [0.15, 0.2) is 152 Å². The second-order valence-electron chi connectivity index (χ2n) is 34.7. The van der Waals surface area contributed by atoms with Gasteiger partial charge in [0, 0.05) is 109 Å². The molecular weight excluding hydrogens is 1800 g/mol. The molecule has 15 atom stereocenters. The highest BCUT2D eigenvalue weighted by Gasteiger charge is 2.48. The highest BCUT2D eigenvalue weighted by atomic mass is 32.2. The number of unbranched alkanes of at least 4 members (excludes halogenated alkanes) is 1. The van der Waals surface area contributed by atoms with Crippen molar-refractivity contribution >= 4 is 117 Å². The van der Waals surface area contributed by atoms with E-state index in [9.17, 15) is 63.5 Å². The van der Waals surface area contributed by atoms with E-state index in [0.29, 0.717) is 69.0 Å². The van der Waals surface area contributed by atoms with Crippen LogP contribution in [0.3, 0.4) is 0 Å². The first-order chi connectivity index (χ1) is 65.2. The van der Waals surface area contributed by atoms with Gasteiger partial charge in [0.2, 0.25) is 88.6 Å². The van der Waals surface area contributed by atoms with Gasteiger partial charge in [-0.05, 0) is 101 Å². The summed E-state index contributed by atoms with van der Waals surface area (Å²) < 4.78 is 45.1. The van der Waals surface area contributed by atoms with Crippen molar-refractivity contribution in [2.24, 2.45) is 17.4 Å². The molecule has 1 aromatic heterocycles. The molecule has 137 heavy (non-hydrogen) atoms. The number of nitrogens with zero attached hydrogens (tertiary/aromatic N) is 5. The quantitative estimate of drug-likeness (QED) is 0.0376. The predicted octanol–water partition coefficient (Wildman–Crippen LogP) is 0.0534. The highest BCUT2D eigenvalue weighted by Crippen LogP contribution is 2.29. The summed E-state index contributed by atoms with van der Waals surface area (Å²) in [5.41, 5.74) is 14.0. The van der Waals surface area contributed by atoms with Crippen molar-refractivity contribution in [3.05, 3.63) is 203 Å². The van der Waals surface area contributed by atoms with Crippen LogP contribution in [0.25, 0.3) is 10.9 Å². The number of carbonyl (C=O) groups excluding carboxylic acids is 15. The van der Waals surface area contributed by atoms with Crippen LogP contribution in [-0.2, 0) is 115 Å². The van der Waals surface area contributed by atoms with Crippen molar-refractivity contribution < 1.29 is 115 Å². The van der Waals surface area contributed by atoms with Crippen LogP contribution in [-0.4, -0.2) is 299 Å². The molecule has 38 nitrogen and oxygen atoms in total. The fourth-order valence-electron chi connectivity index (χ4n) is 16.7. The van der Waals surface area contributed by atoms with Gasteiger partial charge in [-0.25, -0.2) is 13.2 Å². The number of benzene rings is 6. The Labute approximate surface area is 791 Å². The number of aromatic nitrogens is 1. The summed E-state index contributed by atoms with van der Waals surface area (Å²) in [6.45, 7) is 2.11. The molecule has 0 spiro atoms. The van der Waals surface area contributed by atoms with Crippen molar-refractivity contribution in [2.75, 3.05) is 58.8 Å². The summed E-state index contributed by atoms with van der Waals surface area (Å²) in [6.07, 6.45) is -5.50. The van der Waals surface area contributed by atoms with Gasteiger partial charge in [-0.15, -0.1) is 11.8 Å². The fraction of sp³-hybridized carbons (Fsp3) is 0.432. The number of nitrogens with two attached hydrogens (primary N) is 2. The van der Waals surface area contributed by atoms with E-state index in [1.165, 1.54) is 76.5 Å². The number of aryl methyl sites for hydroxylation is 1. The first-order valence-electron chi connectivity index (χ1n) is 44.8. The number of carbonyl (C=O) groups is 16. The normalized spacial score (nSPS) is 24.3. The van der Waals surface area contributed by atoms with Crippen LogP contribution in [0.2, 0.25) is 0 Å². The maximum Gasteiger partial charge on any atom is 0.305 e. The number of primary amides is 1. The number of hydrogen-bond acceptors (Lipinski definition) is 22. The first-order valence-corrected chi connectivity index (χ1v) is 45.9. The van der Waals surface area contributed by atoms with Gasteiger partial charge >= 0.3 is 5.97 Å². The number of aliphatic carboxylic acids is 1. The van der Waals surface area contributed by atoms with E-state index in [2.05, 4.69) is 52.8 Å². The number of para-hydroxylation sites is 1. The topological polar surface area (TPSA) is 567 Å². The van der Waals surface area contributed by atoms with Crippen molar-refractivity contribution in [1.82, 2.24) is 77.3 Å². The SMILES string of the molecule is CCCC[C@H]1C(=O)N2C[C@H](O)C[C@@H]2C(=O)N[C@@H](CC(=O)O)C(=O)N[C@@H](C(C)C)C(=O)N(C)C(Cc2ccccc2)C(=O)N[C@@H](Cc2ccc(O)cc2)C(=O)N2C[C@H](O)C[C@H]2C(=O)N[C@@H](Cc2c[nH]c3ccccc23)C(=O)N[C@@H](Cc2ccc(O)cc2)C(=O)N[C@@H](CN)C(=O)N[C@H](C(=O)NCC(N)=O)CSCC(=O)N[C@@H](Cc2cc(F)c(F)c(F)c2)C(=O)N(C)[C@@H](CCc2ccccc2)C(=O)N1C. The molecule has 0 bridgehead atoms. The molecule has 6 aromatic carbocycles. The van der Waals surface area contributed by atoms with Gasteiger partial charge in [-0.3, -0.25) is 76.7 Å². The number of rotatable bonds is 23. The number of phenolic OH excluding ortho intramolecular Hbond substituents is 2. The summed E-state index contributed by atoms with van der Waals surface area (Å²) in [7, 11) is 3.62. The van der Waals surface area contributed by atoms with E-state index in [1.807, 2.05) is 0 Å². The van der Waals surface area contributed by atoms with Crippen LogP contribution in [0.1, 0.15) is 99.1 Å². The number of carboxylic acid groups (broad SMARTS) is 1. The monoisotopic (exact) mass is 1920 g/mol. The largest absolute Gasteiger partial charge is 0.508 e. The number of phenols is 2. The molecule has 19 N–H and O–H groups in total. The molecule has 7 aromatic rings. The third kappa shape index (κ3) is 28.6. The summed E-state index contributed by atoms with van der Waals surface area (Å²) >= 11 is 0.616. The number of likely N-dealkylation sites (N-methyl/N-ethyl adjacent to an activating group) is 3. The van der Waals surface area contributed by atoms with Crippen molar-refractivity contribution in [3.8, 4) is 11.5 Å². The van der Waals surface area contributed by atoms with Gasteiger partial charge in [0.1, 0.15) is 90.0 Å². The Morgan fingerprint density at radius 2 is 0.978 bits per heavy atom. The number of halogens is 3. The lowest BCUT2D eigenvalue weighted by Gasteiger charge is -2.38. The third-order valence-electron chi connectivity index (χ3n) is 24.2. The standard InChI is InChI=1S/C95H116F3N17O21S/c1-7-8-23-73-94(135)115-48-61(119)42-77(115)90(131)106-68(43-80(122)123)86(127)110-82(51(2)3)95(136)113(6)75(39-53-19-13-10-14-20-53)88(129)107-70(37-55-26-31-59(117)32-27-55)92(133)114-47-60(118)41-76(114)89(130)105-67(40-57-45-101-65-22-16-15-21-62(57)65)85(126)104-66(36-54-24-29-58(116)30-25-54)84(125)108-71(44-99)87(128)109-72(83(124)102-46-78(100)120)49-137-50-79(121)103-69(38-56-34-63(96)81(98)64(97)35-56)91(132)111(4)74(93(134)112(73)5)33-28-52-17-11-9-12-18-52/h9-22,24-27,29-32,34-35,45,51,60-61,66-77,82,101,116-119H,7-8,23,28,33,36-44,46-50,99H2,1-6H3,(H2,100,120)(H,102,124)(H,103,121)(H,104,126)(H,105,130)(H,106,131)(H,107,129)(H,108,125)(H,109,128)(H,110,127)(H,122,123)/t60-,61-,66+,67+,68+,69+,70+,71+,72+,73+,74+,75?,76+,77-,82+/m1/s1. The number of aromatic amines is 1. The molecule has 1 unspecified atom stereocenters. The fourth-order valence-corrected chi connectivity index (χ4v) is 17.6. The van der Waals surface area contributed by atoms with Gasteiger partial charge < -0.3 is 114 Å². The Morgan fingerprint density at radius 3 is 1.55 bits per heavy atom. The highest BCUT2D eigenvalue weighted by molar-refractivity contribution is 8.00. The number of H-pyrrole nitrogens is 1. The number of carboxylic acids is 1. The minimum absolute atomic E-state index is 0.0395. The number of thioether (sulfide) groups is 1. The lowest BCUT2D eigenvalue weighted by atomic mass is 9.98. The molecule has 0 radical (unpaired) electrons. The van der Waals surface area contributed by atoms with Crippen molar-refractivity contribution in [1.29, 1.82) is 0 Å². The molecule has 3 aliphatic heterocycles. The Morgan fingerprint density at radius 1 is 0.504 bits per heavy atom. The Balaban J connectivity index is 1.06. The van der Waals surface area contributed by atoms with E-state index in [1.54, 1.807) is 98.0 Å². The zero-order chi connectivity index (χ0) is 99.8. The molecule has 15 amide bonds. The summed E-state index contributed by atoms with van der Waals surface area (Å²) in [4.78, 5) is 246. The summed E-state index contributed by atoms with van der Waals surface area (Å²) in [5.74, 6) is -25.6. The minimum Gasteiger partial charge on any atom is -0.508 e. The summed E-state index contributed by atoms with van der Waals surface area (Å²) in [5, 5.41) is 77.7. The minimum atomic E-state index is -2.06. The maximum absolute atomic E-state index is 15.8. The van der Waals surface area contributed by atoms with Gasteiger partial charge in [-0.2, -0.15) is 0 Å². The molecule has 0 aliphatic carbocycles. The van der Waals surface area contributed by atoms with Crippen LogP contribution in [0.5, 0.6) is 11.5 Å². The molecular formula is C95H116F3N17O21S. The second kappa shape index (κ2) is 49.0. The molecule has 3 fully saturated rings. The van der Waals surface area contributed by atoms with Crippen LogP contribution in [0.4, 0.5) is 13.2 Å². The van der Waals surface area contributed by atoms with Crippen molar-refractivity contribution in [2.45, 2.75) is 195 Å². The third-order valence-corrected chi connectivity index (χ3v) is 25.3. The van der Waals surface area contributed by atoms with Crippen LogP contribution >= 0.6 is 11.8 Å². The number of aliphatic hydroxyl groups excluding tert-OH is 2. The molecule has 734 valence electrons. The van der Waals surface area contributed by atoms with Crippen molar-refractivity contribution in [3.63, 3.8) is 0 Å². The molecule has 4 heterocycles. The van der Waals surface area contributed by atoms with E-state index in [4.69, 9.17) is 11.5 Å². The number of amides is 15. The number of aromatic hydroxyl groups is 2. The van der Waals surface area contributed by atoms with Gasteiger partial charge in [-0.1, -0.05) is 137 Å². The van der Waals surface area contributed by atoms with Crippen LogP contribution in [0, 0.1) is 23.4 Å². The Kier molecular flexibility index (Phi) is 37.6. The first kappa shape index (κ1) is 105. The zero-order valence-corrected chi connectivity index (χ0v) is 77.1. The van der Waals surface area contributed by atoms with E-state index in [0.717, 1.165) is 31.5 Å². The molecule has 10 rings (SSSR count). The zero-order valence-electron chi connectivity index (χ0n) is 76.3. The van der Waals surface area contributed by atoms with Gasteiger partial charge in [0.15, 0.2) is 17.5 Å². The lowest BCUT2D eigenvalue weighted by Crippen LogP contribution is -2.62. The Hall–Kier alpha value is -14.0. The Bertz CT molecular complexity index is 5490. The molecule has 42 heteroatoms. The average molecular weight is 1920 g/mol. The molecule has 3 aliphatic rings. The van der Waals surface area contributed by atoms with E-state index in [-0.39, 0.29) is 50.0 Å². The summed E-state index contributed by atoms with van der Waals surface area (Å²) in [6, 6.07) is 13.1.